The fourth-order valence-electron chi connectivity index (χ4n) is 2.78. The molecular formula is C20H15BrN2O4. The van der Waals surface area contributed by atoms with Crippen LogP contribution in [0.15, 0.2) is 59.2 Å². The normalized spacial score (nSPS) is 11.9. The molecule has 0 atom stereocenters. The van der Waals surface area contributed by atoms with Gasteiger partial charge < -0.3 is 19.5 Å². The highest BCUT2D eigenvalue weighted by atomic mass is 79.9. The third-order valence-corrected chi connectivity index (χ3v) is 4.79. The van der Waals surface area contributed by atoms with E-state index >= 15 is 0 Å². The van der Waals surface area contributed by atoms with Crippen LogP contribution in [-0.2, 0) is 0 Å². The van der Waals surface area contributed by atoms with Crippen LogP contribution >= 0.6 is 15.9 Å². The number of para-hydroxylation sites is 1. The van der Waals surface area contributed by atoms with Crippen molar-refractivity contribution in [1.29, 1.82) is 0 Å². The van der Waals surface area contributed by atoms with Gasteiger partial charge in [0.25, 0.3) is 5.91 Å². The molecule has 4 rings (SSSR count). The number of ether oxygens (including phenoxy) is 3. The number of carbonyl (C=O) groups excluding carboxylic acids is 1. The standard InChI is InChI=1S/C20H15BrN2O4/c1-25-16-5-3-2-4-13(16)20(24)23-19-7-6-12(10-22-19)14-8-17-18(9-15(14)21)27-11-26-17/h2-10H,11H2,1H3,(H,22,23,24). The van der Waals surface area contributed by atoms with Gasteiger partial charge in [0, 0.05) is 21.8 Å². The molecule has 1 aromatic heterocycles. The Bertz CT molecular complexity index is 1010. The largest absolute Gasteiger partial charge is 0.496 e. The van der Waals surface area contributed by atoms with Crippen molar-refractivity contribution in [1.82, 2.24) is 4.98 Å². The molecule has 1 amide bonds. The molecule has 3 aromatic rings. The smallest absolute Gasteiger partial charge is 0.260 e. The Morgan fingerprint density at radius 2 is 1.93 bits per heavy atom. The molecule has 0 saturated heterocycles. The molecule has 0 fully saturated rings. The van der Waals surface area contributed by atoms with Crippen LogP contribution in [0.2, 0.25) is 0 Å². The van der Waals surface area contributed by atoms with Gasteiger partial charge in [-0.1, -0.05) is 28.1 Å². The van der Waals surface area contributed by atoms with Gasteiger partial charge in [-0.3, -0.25) is 4.79 Å². The van der Waals surface area contributed by atoms with Gasteiger partial charge in [-0.2, -0.15) is 0 Å². The number of nitrogens with one attached hydrogen (secondary N) is 1. The summed E-state index contributed by atoms with van der Waals surface area (Å²) in [5, 5.41) is 2.78. The average molecular weight is 427 g/mol. The molecule has 0 unspecified atom stereocenters. The summed E-state index contributed by atoms with van der Waals surface area (Å²) < 4.78 is 16.9. The van der Waals surface area contributed by atoms with E-state index in [1.165, 1.54) is 7.11 Å². The van der Waals surface area contributed by atoms with Gasteiger partial charge >= 0.3 is 0 Å². The summed E-state index contributed by atoms with van der Waals surface area (Å²) in [5.41, 5.74) is 2.26. The number of carbonyl (C=O) groups is 1. The molecule has 2 heterocycles. The molecular weight excluding hydrogens is 412 g/mol. The SMILES string of the molecule is COc1ccccc1C(=O)Nc1ccc(-c2cc3c(cc2Br)OCO3)cn1. The minimum absolute atomic E-state index is 0.220. The van der Waals surface area contributed by atoms with Crippen molar-refractivity contribution in [3.05, 3.63) is 64.8 Å². The summed E-state index contributed by atoms with van der Waals surface area (Å²) >= 11 is 3.54. The van der Waals surface area contributed by atoms with Crippen LogP contribution in [0, 0.1) is 0 Å². The van der Waals surface area contributed by atoms with Crippen molar-refractivity contribution >= 4 is 27.7 Å². The van der Waals surface area contributed by atoms with Crippen molar-refractivity contribution in [3.8, 4) is 28.4 Å². The summed E-state index contributed by atoms with van der Waals surface area (Å²) in [4.78, 5) is 16.8. The summed E-state index contributed by atoms with van der Waals surface area (Å²) in [6.45, 7) is 0.220. The molecule has 1 N–H and O–H groups in total. The molecule has 1 aliphatic heterocycles. The zero-order chi connectivity index (χ0) is 18.8. The minimum atomic E-state index is -0.281. The number of benzene rings is 2. The van der Waals surface area contributed by atoms with E-state index in [1.807, 2.05) is 24.3 Å². The molecule has 0 saturated carbocycles. The molecule has 0 spiro atoms. The minimum Gasteiger partial charge on any atom is -0.496 e. The van der Waals surface area contributed by atoms with Gasteiger partial charge in [0.15, 0.2) is 11.5 Å². The van der Waals surface area contributed by atoms with Crippen LogP contribution in [0.5, 0.6) is 17.2 Å². The monoisotopic (exact) mass is 426 g/mol. The Labute approximate surface area is 164 Å². The lowest BCUT2D eigenvalue weighted by atomic mass is 10.1. The molecule has 7 heteroatoms. The fraction of sp³-hybridized carbons (Fsp3) is 0.100. The zero-order valence-corrected chi connectivity index (χ0v) is 15.9. The molecule has 6 nitrogen and oxygen atoms in total. The molecule has 0 aliphatic carbocycles. The average Bonchev–Trinajstić information content (AvgIpc) is 3.15. The van der Waals surface area contributed by atoms with Crippen molar-refractivity contribution in [2.45, 2.75) is 0 Å². The summed E-state index contributed by atoms with van der Waals surface area (Å²) in [6.07, 6.45) is 1.69. The van der Waals surface area contributed by atoms with E-state index in [9.17, 15) is 4.79 Å². The predicted molar refractivity (Wildman–Crippen MR) is 104 cm³/mol. The van der Waals surface area contributed by atoms with E-state index in [0.717, 1.165) is 15.6 Å². The highest BCUT2D eigenvalue weighted by molar-refractivity contribution is 9.10. The van der Waals surface area contributed by atoms with Crippen LogP contribution in [0.1, 0.15) is 10.4 Å². The molecule has 136 valence electrons. The topological polar surface area (TPSA) is 69.7 Å². The molecule has 2 aromatic carbocycles. The van der Waals surface area contributed by atoms with E-state index in [-0.39, 0.29) is 12.7 Å². The highest BCUT2D eigenvalue weighted by Crippen LogP contribution is 2.41. The number of fused-ring (bicyclic) bond motifs is 1. The van der Waals surface area contributed by atoms with E-state index < -0.39 is 0 Å². The Hall–Kier alpha value is -3.06. The number of pyridine rings is 1. The number of methoxy groups -OCH3 is 1. The summed E-state index contributed by atoms with van der Waals surface area (Å²) in [6, 6.07) is 14.4. The zero-order valence-electron chi connectivity index (χ0n) is 14.4. The van der Waals surface area contributed by atoms with Crippen LogP contribution < -0.4 is 19.5 Å². The lowest BCUT2D eigenvalue weighted by Gasteiger charge is -2.10. The second-order valence-corrected chi connectivity index (χ2v) is 6.63. The second-order valence-electron chi connectivity index (χ2n) is 5.77. The van der Waals surface area contributed by atoms with Gasteiger partial charge in [0.05, 0.1) is 12.7 Å². The van der Waals surface area contributed by atoms with E-state index in [0.29, 0.717) is 28.6 Å². The predicted octanol–water partition coefficient (Wildman–Crippen LogP) is 4.50. The van der Waals surface area contributed by atoms with Gasteiger partial charge in [-0.15, -0.1) is 0 Å². The first kappa shape index (κ1) is 17.4. The summed E-state index contributed by atoms with van der Waals surface area (Å²) in [5.74, 6) is 2.08. The Morgan fingerprint density at radius 1 is 1.15 bits per heavy atom. The lowest BCUT2D eigenvalue weighted by Crippen LogP contribution is -2.13. The molecule has 0 radical (unpaired) electrons. The number of rotatable bonds is 4. The van der Waals surface area contributed by atoms with E-state index in [1.54, 1.807) is 30.5 Å². The Balaban J connectivity index is 1.55. The number of hydrogen-bond donors (Lipinski definition) is 1. The number of halogens is 1. The number of aromatic nitrogens is 1. The first-order valence-electron chi connectivity index (χ1n) is 8.15. The third-order valence-electron chi connectivity index (χ3n) is 4.13. The third kappa shape index (κ3) is 3.46. The molecule has 27 heavy (non-hydrogen) atoms. The molecule has 0 bridgehead atoms. The number of nitrogens with zero attached hydrogens (tertiary/aromatic N) is 1. The van der Waals surface area contributed by atoms with Crippen LogP contribution in [0.25, 0.3) is 11.1 Å². The first-order valence-corrected chi connectivity index (χ1v) is 8.95. The van der Waals surface area contributed by atoms with Gasteiger partial charge in [-0.05, 0) is 36.4 Å². The number of amides is 1. The maximum Gasteiger partial charge on any atom is 0.260 e. The van der Waals surface area contributed by atoms with E-state index in [2.05, 4.69) is 26.2 Å². The van der Waals surface area contributed by atoms with Crippen LogP contribution in [0.4, 0.5) is 5.82 Å². The summed E-state index contributed by atoms with van der Waals surface area (Å²) in [7, 11) is 1.53. The fourth-order valence-corrected chi connectivity index (χ4v) is 3.33. The number of hydrogen-bond acceptors (Lipinski definition) is 5. The molecule has 1 aliphatic rings. The van der Waals surface area contributed by atoms with Gasteiger partial charge in [0.1, 0.15) is 11.6 Å². The van der Waals surface area contributed by atoms with Gasteiger partial charge in [-0.25, -0.2) is 4.98 Å². The number of anilines is 1. The maximum atomic E-state index is 12.5. The Morgan fingerprint density at radius 3 is 2.67 bits per heavy atom. The van der Waals surface area contributed by atoms with Crippen molar-refractivity contribution in [3.63, 3.8) is 0 Å². The first-order chi connectivity index (χ1) is 13.2. The van der Waals surface area contributed by atoms with Gasteiger partial charge in [0.2, 0.25) is 6.79 Å². The lowest BCUT2D eigenvalue weighted by molar-refractivity contribution is 0.102. The van der Waals surface area contributed by atoms with Crippen molar-refractivity contribution in [2.75, 3.05) is 19.2 Å². The van der Waals surface area contributed by atoms with Crippen LogP contribution in [-0.4, -0.2) is 24.8 Å². The quantitative estimate of drug-likeness (QED) is 0.664. The highest BCUT2D eigenvalue weighted by Gasteiger charge is 2.17. The second kappa shape index (κ2) is 7.28. The van der Waals surface area contributed by atoms with E-state index in [4.69, 9.17) is 14.2 Å². The van der Waals surface area contributed by atoms with Crippen molar-refractivity contribution in [2.24, 2.45) is 0 Å². The van der Waals surface area contributed by atoms with Crippen molar-refractivity contribution < 1.29 is 19.0 Å². The maximum absolute atomic E-state index is 12.5. The van der Waals surface area contributed by atoms with Crippen LogP contribution in [0.3, 0.4) is 0 Å². The Kier molecular flexibility index (Phi) is 4.68.